The minimum Gasteiger partial charge on any atom is -0.657 e. The Bertz CT molecular complexity index is 2930. The zero-order valence-corrected chi connectivity index (χ0v) is 36.4. The molecule has 13 heteroatoms. The molecule has 0 unspecified atom stereocenters. The quantitative estimate of drug-likeness (QED) is 0.123. The van der Waals surface area contributed by atoms with E-state index in [9.17, 15) is 19.2 Å². The van der Waals surface area contributed by atoms with Crippen LogP contribution in [0.5, 0.6) is 0 Å². The average molecular weight is 901 g/mol. The van der Waals surface area contributed by atoms with Gasteiger partial charge < -0.3 is 38.9 Å². The number of nitrogens with zero attached hydrogens (tertiary/aromatic N) is 4. The zero-order valence-electron chi connectivity index (χ0n) is 35.3. The summed E-state index contributed by atoms with van der Waals surface area (Å²) < 4.78 is 19.9. The van der Waals surface area contributed by atoms with Gasteiger partial charge in [-0.2, -0.15) is 0 Å². The van der Waals surface area contributed by atoms with Crippen molar-refractivity contribution in [2.24, 2.45) is 0 Å². The Balaban J connectivity index is 0.00000576. The molecule has 0 spiro atoms. The van der Waals surface area contributed by atoms with Gasteiger partial charge in [0.25, 0.3) is 0 Å². The maximum absolute atomic E-state index is 12.5. The van der Waals surface area contributed by atoms with Gasteiger partial charge in [-0.15, -0.1) is 44.2 Å². The van der Waals surface area contributed by atoms with Gasteiger partial charge in [-0.05, 0) is 93.1 Å². The molecule has 0 saturated heterocycles. The number of carbonyl (C=O) groups is 4. The molecule has 8 bridgehead atoms. The molecule has 65 heavy (non-hydrogen) atoms. The van der Waals surface area contributed by atoms with Crippen LogP contribution >= 0.6 is 0 Å². The van der Waals surface area contributed by atoms with Crippen molar-refractivity contribution in [2.75, 3.05) is 28.4 Å². The largest absolute Gasteiger partial charge is 4.00 e. The molecule has 4 aromatic carbocycles. The van der Waals surface area contributed by atoms with Gasteiger partial charge >= 0.3 is 40.9 Å². The third-order valence-electron chi connectivity index (χ3n) is 11.0. The minimum absolute atomic E-state index is 0. The topological polar surface area (TPSA) is 162 Å². The molecule has 5 heterocycles. The number of methoxy groups -OCH3 is 4. The van der Waals surface area contributed by atoms with Gasteiger partial charge in [-0.25, -0.2) is 19.2 Å². The first-order valence-electron chi connectivity index (χ1n) is 20.0. The predicted molar refractivity (Wildman–Crippen MR) is 235 cm³/mol. The number of carbonyl (C=O) groups excluding carboxylic acids is 4. The molecule has 1 aliphatic rings. The predicted octanol–water partition coefficient (Wildman–Crippen LogP) is 3.96. The van der Waals surface area contributed by atoms with Crippen molar-refractivity contribution in [3.63, 3.8) is 0 Å². The second-order valence-electron chi connectivity index (χ2n) is 14.6. The van der Waals surface area contributed by atoms with Crippen molar-refractivity contribution in [3.05, 3.63) is 234 Å². The number of benzene rings is 4. The molecule has 0 aliphatic carbocycles. The van der Waals surface area contributed by atoms with Crippen LogP contribution in [0.2, 0.25) is 0 Å². The Morgan fingerprint density at radius 2 is 0.492 bits per heavy atom. The van der Waals surface area contributed by atoms with E-state index in [2.05, 4.69) is 0 Å². The molecule has 12 nitrogen and oxygen atoms in total. The van der Waals surface area contributed by atoms with Crippen molar-refractivity contribution >= 4 is 46.2 Å². The van der Waals surface area contributed by atoms with Gasteiger partial charge in [0.2, 0.25) is 0 Å². The molecular formula is C52H36FeN4O8. The van der Waals surface area contributed by atoms with Crippen LogP contribution in [0.4, 0.5) is 0 Å². The number of aromatic nitrogens is 4. The fourth-order valence-corrected chi connectivity index (χ4v) is 7.83. The minimum atomic E-state index is -0.464. The normalized spacial score (nSPS) is 15.3. The van der Waals surface area contributed by atoms with Crippen LogP contribution in [0.25, 0.3) is 22.3 Å². The number of ether oxygens (including phenoxy) is 4. The maximum atomic E-state index is 12.5. The van der Waals surface area contributed by atoms with Crippen molar-refractivity contribution in [3.8, 4) is 0 Å². The van der Waals surface area contributed by atoms with E-state index in [-0.39, 0.29) is 17.1 Å². The molecule has 0 radical (unpaired) electrons. The van der Waals surface area contributed by atoms with Crippen LogP contribution < -0.4 is 41.3 Å². The van der Waals surface area contributed by atoms with E-state index in [1.807, 2.05) is 97.1 Å². The first-order valence-corrected chi connectivity index (χ1v) is 20.0. The Labute approximate surface area is 382 Å². The van der Waals surface area contributed by atoms with Crippen molar-refractivity contribution in [1.29, 1.82) is 0 Å². The summed E-state index contributed by atoms with van der Waals surface area (Å²) in [4.78, 5) is 70.9. The second-order valence-corrected chi connectivity index (χ2v) is 14.6. The maximum Gasteiger partial charge on any atom is 4.00 e. The van der Waals surface area contributed by atoms with Crippen LogP contribution in [-0.4, -0.2) is 52.3 Å². The molecule has 8 aromatic rings. The Kier molecular flexibility index (Phi) is 12.3. The number of hydrogen-bond acceptors (Lipinski definition) is 8. The Morgan fingerprint density at radius 3 is 0.677 bits per heavy atom. The van der Waals surface area contributed by atoms with Gasteiger partial charge in [-0.1, -0.05) is 97.1 Å². The molecule has 0 N–H and O–H groups in total. The molecule has 4 aromatic heterocycles. The van der Waals surface area contributed by atoms with E-state index in [0.29, 0.717) is 88.7 Å². The third kappa shape index (κ3) is 8.29. The van der Waals surface area contributed by atoms with Gasteiger partial charge in [0.1, 0.15) is 0 Å². The zero-order chi connectivity index (χ0) is 44.5. The SMILES string of the molecule is COC(=O)c1ccc(/C2=c3\cc/c([n-]3)=C(\c3ccc(C(=O)OC)cc3)c3ccc([n-]3)/C(c3ccc(C(=O)OC)cc3)=c3/cc/c([n-]3)=C(\c3ccc(C(=O)OC)cc3)c3ccc2[n-]3)cc1.[Fe+4]. The summed E-state index contributed by atoms with van der Waals surface area (Å²) in [6.07, 6.45) is 0. The Morgan fingerprint density at radius 1 is 0.292 bits per heavy atom. The van der Waals surface area contributed by atoms with E-state index in [0.717, 1.165) is 22.3 Å². The van der Waals surface area contributed by atoms with Crippen molar-refractivity contribution in [1.82, 2.24) is 19.9 Å². The molecular weight excluding hydrogens is 864 g/mol. The van der Waals surface area contributed by atoms with Crippen LogP contribution in [0.1, 0.15) is 86.5 Å². The fourth-order valence-electron chi connectivity index (χ4n) is 7.83. The summed E-state index contributed by atoms with van der Waals surface area (Å²) in [6.45, 7) is 0. The summed E-state index contributed by atoms with van der Waals surface area (Å²) in [5.41, 5.74) is 9.71. The summed E-state index contributed by atoms with van der Waals surface area (Å²) in [5, 5.41) is 2.40. The molecule has 0 amide bonds. The van der Waals surface area contributed by atoms with Crippen molar-refractivity contribution in [2.45, 2.75) is 0 Å². The van der Waals surface area contributed by atoms with E-state index in [1.165, 1.54) is 28.4 Å². The number of hydrogen-bond donors (Lipinski definition) is 0. The number of rotatable bonds is 8. The smallest absolute Gasteiger partial charge is 0.657 e. The molecule has 0 atom stereocenters. The van der Waals surface area contributed by atoms with Crippen LogP contribution in [0.15, 0.2) is 146 Å². The fraction of sp³-hybridized carbons (Fsp3) is 0.0769. The second kappa shape index (κ2) is 18.3. The molecule has 9 rings (SSSR count). The van der Waals surface area contributed by atoms with Gasteiger partial charge in [0.15, 0.2) is 0 Å². The van der Waals surface area contributed by atoms with E-state index in [4.69, 9.17) is 38.9 Å². The number of esters is 4. The van der Waals surface area contributed by atoms with E-state index in [1.54, 1.807) is 48.5 Å². The van der Waals surface area contributed by atoms with E-state index < -0.39 is 23.9 Å². The summed E-state index contributed by atoms with van der Waals surface area (Å²) in [7, 11) is 5.35. The third-order valence-corrected chi connectivity index (χ3v) is 11.0. The monoisotopic (exact) mass is 900 g/mol. The summed E-state index contributed by atoms with van der Waals surface area (Å²) >= 11 is 0. The standard InChI is InChI=1S/C52H38N4O8.Fe/c1-61-49(57)33-13-5-29(6-14-33)45-37-21-23-39(53-37)46(30-7-15-34(16-8-30)50(58)62-2)41-25-27-43(55-41)48(32-11-19-36(20-12-32)52(60)64-4)44-28-26-42(56-44)47(40-24-22-38(45)54-40)31-9-17-35(18-10-31)51(59)63-3;/h5-28H,1-4H3,(H2-2,53,54,55,56,57,58,59,60);/q-2;+4/p-2/b45-37-,45-38?,46-39-,46-41?,47-40?,47-42-,48-43?,48-44-;. The molecule has 1 aliphatic heterocycles. The van der Waals surface area contributed by atoms with Crippen molar-refractivity contribution < 1.29 is 55.2 Å². The summed E-state index contributed by atoms with van der Waals surface area (Å²) in [6, 6.07) is 43.6. The molecule has 0 saturated carbocycles. The van der Waals surface area contributed by atoms with Crippen LogP contribution in [0.3, 0.4) is 0 Å². The first kappa shape index (κ1) is 43.5. The Hall–Kier alpha value is -8.12. The van der Waals surface area contributed by atoms with Crippen LogP contribution in [0, 0.1) is 0 Å². The average Bonchev–Trinajstić information content (AvgIpc) is 4.20. The van der Waals surface area contributed by atoms with Gasteiger partial charge in [-0.3, -0.25) is 0 Å². The van der Waals surface area contributed by atoms with Crippen LogP contribution in [-0.2, 0) is 36.0 Å². The molecule has 320 valence electrons. The first-order chi connectivity index (χ1) is 31.2. The molecule has 0 fully saturated rings. The van der Waals surface area contributed by atoms with Gasteiger partial charge in [0, 0.05) is 0 Å². The van der Waals surface area contributed by atoms with E-state index >= 15 is 0 Å². The summed E-state index contributed by atoms with van der Waals surface area (Å²) in [5.74, 6) is -1.86. The number of fused-ring (bicyclic) bond motifs is 8. The van der Waals surface area contributed by atoms with Gasteiger partial charge in [0.05, 0.1) is 50.7 Å².